The van der Waals surface area contributed by atoms with Gasteiger partial charge in [0.2, 0.25) is 0 Å². The first kappa shape index (κ1) is 17.2. The first-order chi connectivity index (χ1) is 9.89. The quantitative estimate of drug-likeness (QED) is 0.841. The molecule has 2 atom stereocenters. The van der Waals surface area contributed by atoms with E-state index in [0.29, 0.717) is 5.41 Å². The molecule has 1 saturated heterocycles. The maximum Gasteiger partial charge on any atom is 0.0105 e. The molecule has 0 aromatic heterocycles. The second kappa shape index (κ2) is 7.43. The fourth-order valence-corrected chi connectivity index (χ4v) is 4.47. The predicted octanol–water partition coefficient (Wildman–Crippen LogP) is 2.67. The van der Waals surface area contributed by atoms with Crippen LogP contribution in [-0.4, -0.2) is 63.2 Å². The lowest BCUT2D eigenvalue weighted by atomic mass is 9.69. The third-order valence-corrected chi connectivity index (χ3v) is 5.84. The van der Waals surface area contributed by atoms with Gasteiger partial charge >= 0.3 is 0 Å². The molecule has 2 aliphatic rings. The van der Waals surface area contributed by atoms with Gasteiger partial charge in [-0.3, -0.25) is 0 Å². The highest BCUT2D eigenvalue weighted by Crippen LogP contribution is 2.39. The lowest BCUT2D eigenvalue weighted by Gasteiger charge is -2.42. The average molecular weight is 296 g/mol. The van der Waals surface area contributed by atoms with Gasteiger partial charge in [-0.05, 0) is 83.6 Å². The Kier molecular flexibility index (Phi) is 6.10. The maximum atomic E-state index is 3.57. The molecule has 2 fully saturated rings. The van der Waals surface area contributed by atoms with Crippen LogP contribution in [0.15, 0.2) is 0 Å². The number of hydrogen-bond donors (Lipinski definition) is 1. The molecule has 3 nitrogen and oxygen atoms in total. The summed E-state index contributed by atoms with van der Waals surface area (Å²) in [6, 6.07) is 0.720. The van der Waals surface area contributed by atoms with Gasteiger partial charge in [-0.1, -0.05) is 13.8 Å². The summed E-state index contributed by atoms with van der Waals surface area (Å²) < 4.78 is 0. The van der Waals surface area contributed by atoms with Crippen LogP contribution in [0, 0.1) is 17.3 Å². The van der Waals surface area contributed by atoms with Crippen LogP contribution in [0.5, 0.6) is 0 Å². The van der Waals surface area contributed by atoms with Gasteiger partial charge in [0, 0.05) is 19.1 Å². The molecular weight excluding hydrogens is 258 g/mol. The topological polar surface area (TPSA) is 18.5 Å². The highest BCUT2D eigenvalue weighted by Gasteiger charge is 2.34. The Labute approximate surface area is 132 Å². The van der Waals surface area contributed by atoms with E-state index in [-0.39, 0.29) is 0 Å². The number of nitrogens with zero attached hydrogens (tertiary/aromatic N) is 2. The Hall–Kier alpha value is -0.120. The van der Waals surface area contributed by atoms with Gasteiger partial charge in [-0.25, -0.2) is 0 Å². The first-order valence-electron chi connectivity index (χ1n) is 8.94. The van der Waals surface area contributed by atoms with Crippen LogP contribution in [-0.2, 0) is 0 Å². The molecule has 1 aliphatic carbocycles. The van der Waals surface area contributed by atoms with Gasteiger partial charge in [-0.15, -0.1) is 0 Å². The Morgan fingerprint density at radius 1 is 1.14 bits per heavy atom. The van der Waals surface area contributed by atoms with Gasteiger partial charge in [0.25, 0.3) is 0 Å². The second-order valence-electron chi connectivity index (χ2n) is 8.53. The third-order valence-electron chi connectivity index (χ3n) is 5.84. The van der Waals surface area contributed by atoms with E-state index in [2.05, 4.69) is 50.1 Å². The van der Waals surface area contributed by atoms with Crippen LogP contribution in [0.1, 0.15) is 46.0 Å². The normalized spacial score (nSPS) is 31.7. The smallest absolute Gasteiger partial charge is 0.0105 e. The van der Waals surface area contributed by atoms with Crippen molar-refractivity contribution in [2.24, 2.45) is 17.3 Å². The largest absolute Gasteiger partial charge is 0.317 e. The summed E-state index contributed by atoms with van der Waals surface area (Å²) in [6.45, 7) is 10.0. The van der Waals surface area contributed by atoms with E-state index in [1.165, 1.54) is 58.3 Å². The van der Waals surface area contributed by atoms with E-state index in [1.807, 2.05) is 0 Å². The number of piperidine rings is 1. The van der Waals surface area contributed by atoms with Crippen molar-refractivity contribution >= 4 is 0 Å². The molecule has 1 aliphatic heterocycles. The Balaban J connectivity index is 1.81. The predicted molar refractivity (Wildman–Crippen MR) is 91.7 cm³/mol. The molecule has 0 aromatic carbocycles. The summed E-state index contributed by atoms with van der Waals surface area (Å²) in [4.78, 5) is 5.09. The summed E-state index contributed by atoms with van der Waals surface area (Å²) in [6.07, 6.45) is 6.85. The van der Waals surface area contributed by atoms with Gasteiger partial charge < -0.3 is 15.1 Å². The van der Waals surface area contributed by atoms with Crippen molar-refractivity contribution in [3.8, 4) is 0 Å². The summed E-state index contributed by atoms with van der Waals surface area (Å²) in [5.74, 6) is 1.73. The fourth-order valence-electron chi connectivity index (χ4n) is 4.47. The van der Waals surface area contributed by atoms with Crippen LogP contribution >= 0.6 is 0 Å². The van der Waals surface area contributed by atoms with Gasteiger partial charge in [0.15, 0.2) is 0 Å². The molecule has 0 spiro atoms. The number of nitrogens with one attached hydrogen (secondary N) is 1. The number of rotatable bonds is 5. The zero-order valence-corrected chi connectivity index (χ0v) is 15.0. The minimum atomic E-state index is 0.534. The number of hydrogen-bond acceptors (Lipinski definition) is 3. The van der Waals surface area contributed by atoms with Crippen molar-refractivity contribution in [2.45, 2.75) is 52.0 Å². The van der Waals surface area contributed by atoms with Crippen LogP contribution in [0.3, 0.4) is 0 Å². The molecule has 124 valence electrons. The van der Waals surface area contributed by atoms with Gasteiger partial charge in [0.05, 0.1) is 0 Å². The molecule has 1 saturated carbocycles. The van der Waals surface area contributed by atoms with E-state index >= 15 is 0 Å². The van der Waals surface area contributed by atoms with Crippen molar-refractivity contribution in [3.63, 3.8) is 0 Å². The van der Waals surface area contributed by atoms with Crippen molar-refractivity contribution < 1.29 is 0 Å². The van der Waals surface area contributed by atoms with E-state index in [9.17, 15) is 0 Å². The standard InChI is InChI=1S/C18H37N3/c1-18(2)9-6-17(19-3)16(12-18)14-21(5)13-15-7-10-20(4)11-8-15/h15-17,19H,6-14H2,1-5H3. The highest BCUT2D eigenvalue weighted by atomic mass is 15.1. The molecule has 0 radical (unpaired) electrons. The van der Waals surface area contributed by atoms with Crippen molar-refractivity contribution in [3.05, 3.63) is 0 Å². The number of likely N-dealkylation sites (tertiary alicyclic amines) is 1. The Morgan fingerprint density at radius 3 is 2.43 bits per heavy atom. The van der Waals surface area contributed by atoms with Crippen LogP contribution in [0.25, 0.3) is 0 Å². The van der Waals surface area contributed by atoms with Crippen LogP contribution in [0.2, 0.25) is 0 Å². The molecule has 3 heteroatoms. The van der Waals surface area contributed by atoms with Gasteiger partial charge in [0.1, 0.15) is 0 Å². The molecule has 0 amide bonds. The maximum absolute atomic E-state index is 3.57. The van der Waals surface area contributed by atoms with Crippen molar-refractivity contribution in [1.29, 1.82) is 0 Å². The SMILES string of the molecule is CNC1CCC(C)(C)CC1CN(C)CC1CCN(C)CC1. The first-order valence-corrected chi connectivity index (χ1v) is 8.94. The van der Waals surface area contributed by atoms with Gasteiger partial charge in [-0.2, -0.15) is 0 Å². The summed E-state index contributed by atoms with van der Waals surface area (Å²) in [5.41, 5.74) is 0.534. The fraction of sp³-hybridized carbons (Fsp3) is 1.00. The Bertz CT molecular complexity index is 308. The minimum Gasteiger partial charge on any atom is -0.317 e. The van der Waals surface area contributed by atoms with Crippen molar-refractivity contribution in [1.82, 2.24) is 15.1 Å². The molecule has 1 N–H and O–H groups in total. The summed E-state index contributed by atoms with van der Waals surface area (Å²) >= 11 is 0. The monoisotopic (exact) mass is 295 g/mol. The lowest BCUT2D eigenvalue weighted by molar-refractivity contribution is 0.0987. The van der Waals surface area contributed by atoms with E-state index in [0.717, 1.165) is 17.9 Å². The average Bonchev–Trinajstić information content (AvgIpc) is 2.41. The molecule has 1 heterocycles. The second-order valence-corrected chi connectivity index (χ2v) is 8.53. The Morgan fingerprint density at radius 2 is 1.81 bits per heavy atom. The minimum absolute atomic E-state index is 0.534. The molecule has 2 unspecified atom stereocenters. The van der Waals surface area contributed by atoms with Crippen molar-refractivity contribution in [2.75, 3.05) is 47.3 Å². The van der Waals surface area contributed by atoms with E-state index in [4.69, 9.17) is 0 Å². The molecule has 2 rings (SSSR count). The van der Waals surface area contributed by atoms with E-state index in [1.54, 1.807) is 0 Å². The summed E-state index contributed by atoms with van der Waals surface area (Å²) in [7, 11) is 6.74. The molecule has 21 heavy (non-hydrogen) atoms. The molecular formula is C18H37N3. The van der Waals surface area contributed by atoms with Crippen LogP contribution in [0.4, 0.5) is 0 Å². The van der Waals surface area contributed by atoms with E-state index < -0.39 is 0 Å². The lowest BCUT2D eigenvalue weighted by Crippen LogP contribution is -2.46. The van der Waals surface area contributed by atoms with Crippen LogP contribution < -0.4 is 5.32 Å². The molecule has 0 aromatic rings. The summed E-state index contributed by atoms with van der Waals surface area (Å²) in [5, 5.41) is 3.57. The molecule has 0 bridgehead atoms. The zero-order valence-electron chi connectivity index (χ0n) is 15.0. The zero-order chi connectivity index (χ0) is 15.5. The highest BCUT2D eigenvalue weighted by molar-refractivity contribution is 4.89. The third kappa shape index (κ3) is 5.22.